The molecule has 2 amide bonds. The van der Waals surface area contributed by atoms with Crippen molar-refractivity contribution in [3.63, 3.8) is 0 Å². The molecule has 0 fully saturated rings. The van der Waals surface area contributed by atoms with Gasteiger partial charge in [-0.2, -0.15) is 0 Å². The van der Waals surface area contributed by atoms with Crippen LogP contribution in [0.2, 0.25) is 0 Å². The third-order valence-electron chi connectivity index (χ3n) is 2.80. The van der Waals surface area contributed by atoms with E-state index in [0.717, 1.165) is 5.56 Å². The van der Waals surface area contributed by atoms with E-state index >= 15 is 0 Å². The number of carbonyl (C=O) groups is 2. The van der Waals surface area contributed by atoms with Crippen LogP contribution in [0.1, 0.15) is 24.0 Å². The second-order valence-corrected chi connectivity index (χ2v) is 4.46. The van der Waals surface area contributed by atoms with Crippen LogP contribution in [0.15, 0.2) is 18.2 Å². The molecular formula is C14H20N2O4. The van der Waals surface area contributed by atoms with Gasteiger partial charge in [-0.15, -0.1) is 0 Å². The second-order valence-electron chi connectivity index (χ2n) is 4.46. The minimum Gasteiger partial charge on any atom is -0.481 e. The number of carbonyl (C=O) groups excluding carboxylic acids is 1. The molecule has 0 heterocycles. The van der Waals surface area contributed by atoms with Crippen molar-refractivity contribution in [2.75, 3.05) is 13.3 Å². The standard InChI is InChI=1S/C14H20N2O4/c1-10-5-6-12(8-11(10)2)20-9-16-14(19)15-7-3-4-13(17)18/h5-6,8H,3-4,7,9H2,1-2H3,(H,17,18)(H2,15,16,19). The van der Waals surface area contributed by atoms with Gasteiger partial charge in [0.2, 0.25) is 0 Å². The monoisotopic (exact) mass is 280 g/mol. The number of aliphatic carboxylic acids is 1. The van der Waals surface area contributed by atoms with Gasteiger partial charge >= 0.3 is 12.0 Å². The fraction of sp³-hybridized carbons (Fsp3) is 0.429. The molecule has 0 aliphatic carbocycles. The zero-order valence-electron chi connectivity index (χ0n) is 11.7. The summed E-state index contributed by atoms with van der Waals surface area (Å²) in [5.41, 5.74) is 2.31. The molecule has 0 atom stereocenters. The molecule has 6 nitrogen and oxygen atoms in total. The SMILES string of the molecule is Cc1ccc(OCNC(=O)NCCCC(=O)O)cc1C. The number of carboxylic acids is 1. The number of ether oxygens (including phenoxy) is 1. The Kier molecular flexibility index (Phi) is 6.36. The Morgan fingerprint density at radius 1 is 1.20 bits per heavy atom. The minimum absolute atomic E-state index is 0.0411. The van der Waals surface area contributed by atoms with Crippen molar-refractivity contribution >= 4 is 12.0 Å². The van der Waals surface area contributed by atoms with Crippen LogP contribution in [-0.2, 0) is 4.79 Å². The first-order chi connectivity index (χ1) is 9.49. The average Bonchev–Trinajstić information content (AvgIpc) is 2.39. The Balaban J connectivity index is 2.18. The number of amides is 2. The summed E-state index contributed by atoms with van der Waals surface area (Å²) in [6.45, 7) is 4.39. The maximum absolute atomic E-state index is 11.3. The second kappa shape index (κ2) is 8.04. The summed E-state index contributed by atoms with van der Waals surface area (Å²) >= 11 is 0. The van der Waals surface area contributed by atoms with Crippen LogP contribution in [0.4, 0.5) is 4.79 Å². The zero-order valence-corrected chi connectivity index (χ0v) is 11.7. The normalized spacial score (nSPS) is 9.90. The van der Waals surface area contributed by atoms with Gasteiger partial charge in [0.15, 0.2) is 6.73 Å². The highest BCUT2D eigenvalue weighted by molar-refractivity contribution is 5.73. The molecule has 0 radical (unpaired) electrons. The molecule has 0 aromatic heterocycles. The average molecular weight is 280 g/mol. The molecule has 1 rings (SSSR count). The van der Waals surface area contributed by atoms with Gasteiger partial charge in [0.25, 0.3) is 0 Å². The van der Waals surface area contributed by atoms with Crippen molar-refractivity contribution in [3.8, 4) is 5.75 Å². The zero-order chi connectivity index (χ0) is 15.0. The minimum atomic E-state index is -0.870. The fourth-order valence-electron chi connectivity index (χ4n) is 1.49. The summed E-state index contributed by atoms with van der Waals surface area (Å²) in [5.74, 6) is -0.176. The number of carboxylic acid groups (broad SMARTS) is 1. The maximum atomic E-state index is 11.3. The predicted octanol–water partition coefficient (Wildman–Crippen LogP) is 1.80. The van der Waals surface area contributed by atoms with E-state index in [1.807, 2.05) is 32.0 Å². The van der Waals surface area contributed by atoms with E-state index in [9.17, 15) is 9.59 Å². The van der Waals surface area contributed by atoms with Crippen molar-refractivity contribution in [1.82, 2.24) is 10.6 Å². The van der Waals surface area contributed by atoms with Crippen molar-refractivity contribution in [3.05, 3.63) is 29.3 Å². The molecule has 0 saturated carbocycles. The van der Waals surface area contributed by atoms with Gasteiger partial charge in [-0.1, -0.05) is 6.07 Å². The lowest BCUT2D eigenvalue weighted by atomic mass is 10.1. The van der Waals surface area contributed by atoms with Gasteiger partial charge in [-0.3, -0.25) is 4.79 Å². The summed E-state index contributed by atoms with van der Waals surface area (Å²) in [5, 5.41) is 13.5. The van der Waals surface area contributed by atoms with Crippen LogP contribution in [0.3, 0.4) is 0 Å². The summed E-state index contributed by atoms with van der Waals surface area (Å²) in [6, 6.07) is 5.33. The number of benzene rings is 1. The molecule has 0 spiro atoms. The summed E-state index contributed by atoms with van der Waals surface area (Å²) in [4.78, 5) is 21.6. The third-order valence-corrected chi connectivity index (χ3v) is 2.80. The number of urea groups is 1. The van der Waals surface area contributed by atoms with E-state index in [-0.39, 0.29) is 19.2 Å². The molecule has 0 unspecified atom stereocenters. The van der Waals surface area contributed by atoms with Gasteiger partial charge in [0.05, 0.1) is 0 Å². The first-order valence-electron chi connectivity index (χ1n) is 6.42. The number of aryl methyl sites for hydroxylation is 2. The molecule has 1 aromatic carbocycles. The van der Waals surface area contributed by atoms with Crippen molar-refractivity contribution in [2.24, 2.45) is 0 Å². The fourth-order valence-corrected chi connectivity index (χ4v) is 1.49. The Morgan fingerprint density at radius 3 is 2.60 bits per heavy atom. The van der Waals surface area contributed by atoms with Gasteiger partial charge in [-0.25, -0.2) is 4.79 Å². The van der Waals surface area contributed by atoms with E-state index in [1.165, 1.54) is 5.56 Å². The highest BCUT2D eigenvalue weighted by Crippen LogP contribution is 2.15. The van der Waals surface area contributed by atoms with Crippen molar-refractivity contribution < 1.29 is 19.4 Å². The molecule has 6 heteroatoms. The van der Waals surface area contributed by atoms with Crippen LogP contribution in [0.5, 0.6) is 5.75 Å². The van der Waals surface area contributed by atoms with Crippen LogP contribution in [0.25, 0.3) is 0 Å². The van der Waals surface area contributed by atoms with Crippen molar-refractivity contribution in [2.45, 2.75) is 26.7 Å². The first kappa shape index (κ1) is 15.8. The molecule has 1 aromatic rings. The Morgan fingerprint density at radius 2 is 1.95 bits per heavy atom. The van der Waals surface area contributed by atoms with Gasteiger partial charge in [0, 0.05) is 13.0 Å². The smallest absolute Gasteiger partial charge is 0.317 e. The van der Waals surface area contributed by atoms with E-state index in [4.69, 9.17) is 9.84 Å². The van der Waals surface area contributed by atoms with Gasteiger partial charge < -0.3 is 20.5 Å². The van der Waals surface area contributed by atoms with Crippen LogP contribution < -0.4 is 15.4 Å². The molecule has 0 aliphatic rings. The summed E-state index contributed by atoms with van der Waals surface area (Å²) in [6.07, 6.45) is 0.445. The lowest BCUT2D eigenvalue weighted by Crippen LogP contribution is -2.38. The number of hydrogen-bond donors (Lipinski definition) is 3. The molecule has 20 heavy (non-hydrogen) atoms. The summed E-state index contributed by atoms with van der Waals surface area (Å²) < 4.78 is 5.39. The lowest BCUT2D eigenvalue weighted by molar-refractivity contribution is -0.137. The molecule has 0 aliphatic heterocycles. The van der Waals surface area contributed by atoms with Gasteiger partial charge in [-0.05, 0) is 43.5 Å². The quantitative estimate of drug-likeness (QED) is 0.525. The van der Waals surface area contributed by atoms with Crippen LogP contribution in [0, 0.1) is 13.8 Å². The predicted molar refractivity (Wildman–Crippen MR) is 74.8 cm³/mol. The topological polar surface area (TPSA) is 87.7 Å². The van der Waals surface area contributed by atoms with Gasteiger partial charge in [0.1, 0.15) is 5.75 Å². The molecule has 0 bridgehead atoms. The van der Waals surface area contributed by atoms with E-state index < -0.39 is 5.97 Å². The molecule has 3 N–H and O–H groups in total. The van der Waals surface area contributed by atoms with E-state index in [0.29, 0.717) is 18.7 Å². The Bertz CT molecular complexity index is 474. The Labute approximate surface area is 118 Å². The maximum Gasteiger partial charge on any atom is 0.317 e. The Hall–Kier alpha value is -2.24. The molecular weight excluding hydrogens is 260 g/mol. The van der Waals surface area contributed by atoms with E-state index in [2.05, 4.69) is 10.6 Å². The van der Waals surface area contributed by atoms with Crippen molar-refractivity contribution in [1.29, 1.82) is 0 Å². The molecule has 110 valence electrons. The van der Waals surface area contributed by atoms with E-state index in [1.54, 1.807) is 0 Å². The lowest BCUT2D eigenvalue weighted by Gasteiger charge is -2.10. The van der Waals surface area contributed by atoms with Crippen LogP contribution >= 0.6 is 0 Å². The number of hydrogen-bond acceptors (Lipinski definition) is 3. The third kappa shape index (κ3) is 6.08. The highest BCUT2D eigenvalue weighted by atomic mass is 16.5. The largest absolute Gasteiger partial charge is 0.481 e. The number of rotatable bonds is 7. The molecule has 0 saturated heterocycles. The summed E-state index contributed by atoms with van der Waals surface area (Å²) in [7, 11) is 0. The first-order valence-corrected chi connectivity index (χ1v) is 6.42. The van der Waals surface area contributed by atoms with Crippen LogP contribution in [-0.4, -0.2) is 30.4 Å². The highest BCUT2D eigenvalue weighted by Gasteiger charge is 2.02. The number of nitrogens with one attached hydrogen (secondary N) is 2.